The van der Waals surface area contributed by atoms with Gasteiger partial charge in [-0.2, -0.15) is 0 Å². The van der Waals surface area contributed by atoms with Crippen molar-refractivity contribution in [2.45, 2.75) is 0 Å². The highest BCUT2D eigenvalue weighted by atomic mass is 15.1. The summed E-state index contributed by atoms with van der Waals surface area (Å²) in [6, 6.07) is 61.8. The zero-order valence-electron chi connectivity index (χ0n) is 26.7. The number of fused-ring (bicyclic) bond motifs is 5. The maximum absolute atomic E-state index is 4.38. The molecule has 1 heterocycles. The van der Waals surface area contributed by atoms with Crippen molar-refractivity contribution in [3.05, 3.63) is 182 Å². The van der Waals surface area contributed by atoms with Gasteiger partial charge in [-0.25, -0.2) is 0 Å². The summed E-state index contributed by atoms with van der Waals surface area (Å²) < 4.78 is 0. The van der Waals surface area contributed by atoms with Gasteiger partial charge < -0.3 is 4.90 Å². The molecule has 0 radical (unpaired) electrons. The van der Waals surface area contributed by atoms with Gasteiger partial charge in [0, 0.05) is 28.9 Å². The summed E-state index contributed by atoms with van der Waals surface area (Å²) in [4.78, 5) is 6.79. The number of hydrogen-bond acceptors (Lipinski definition) is 2. The molecule has 2 nitrogen and oxygen atoms in total. The molecule has 228 valence electrons. The van der Waals surface area contributed by atoms with Crippen LogP contribution in [0.25, 0.3) is 76.8 Å². The monoisotopic (exact) mass is 622 g/mol. The largest absolute Gasteiger partial charge is 0.309 e. The van der Waals surface area contributed by atoms with E-state index in [0.29, 0.717) is 0 Å². The van der Waals surface area contributed by atoms with Crippen molar-refractivity contribution in [3.8, 4) is 44.5 Å². The second kappa shape index (κ2) is 11.0. The molecule has 2 heteroatoms. The van der Waals surface area contributed by atoms with Gasteiger partial charge >= 0.3 is 0 Å². The highest BCUT2D eigenvalue weighted by Crippen LogP contribution is 2.59. The minimum atomic E-state index is 1.07. The van der Waals surface area contributed by atoms with Crippen LogP contribution in [0.4, 0.5) is 17.1 Å². The van der Waals surface area contributed by atoms with E-state index in [1.807, 2.05) is 12.4 Å². The van der Waals surface area contributed by atoms with Crippen LogP contribution in [0, 0.1) is 0 Å². The molecule has 9 aromatic rings. The lowest BCUT2D eigenvalue weighted by atomic mass is 9.82. The Morgan fingerprint density at radius 2 is 0.857 bits per heavy atom. The summed E-state index contributed by atoms with van der Waals surface area (Å²) in [5.74, 6) is 0. The van der Waals surface area contributed by atoms with Crippen molar-refractivity contribution in [1.82, 2.24) is 4.98 Å². The lowest BCUT2D eigenvalue weighted by Gasteiger charge is -2.28. The molecule has 0 amide bonds. The summed E-state index contributed by atoms with van der Waals surface area (Å²) in [5.41, 5.74) is 13.6. The second-order valence-electron chi connectivity index (χ2n) is 12.7. The molecule has 1 aliphatic carbocycles. The van der Waals surface area contributed by atoms with E-state index in [2.05, 4.69) is 180 Å². The predicted octanol–water partition coefficient (Wildman–Crippen LogP) is 13.0. The Kier molecular flexibility index (Phi) is 6.22. The Bertz CT molecular complexity index is 2600. The zero-order valence-corrected chi connectivity index (χ0v) is 26.7. The van der Waals surface area contributed by atoms with Crippen LogP contribution in [-0.4, -0.2) is 4.98 Å². The highest BCUT2D eigenvalue weighted by molar-refractivity contribution is 6.29. The summed E-state index contributed by atoms with van der Waals surface area (Å²) in [6.45, 7) is 0. The number of benzene rings is 8. The molecule has 0 bridgehead atoms. The summed E-state index contributed by atoms with van der Waals surface area (Å²) in [5, 5.41) is 7.47. The molecule has 0 N–H and O–H groups in total. The van der Waals surface area contributed by atoms with Crippen molar-refractivity contribution in [2.24, 2.45) is 0 Å². The van der Waals surface area contributed by atoms with Crippen LogP contribution in [0.5, 0.6) is 0 Å². The fraction of sp³-hybridized carbons (Fsp3) is 0. The van der Waals surface area contributed by atoms with Gasteiger partial charge in [-0.05, 0) is 90.3 Å². The minimum Gasteiger partial charge on any atom is -0.309 e. The fourth-order valence-corrected chi connectivity index (χ4v) is 8.09. The van der Waals surface area contributed by atoms with Gasteiger partial charge in [0.15, 0.2) is 0 Å². The normalized spacial score (nSPS) is 11.7. The van der Waals surface area contributed by atoms with E-state index < -0.39 is 0 Å². The van der Waals surface area contributed by atoms with E-state index >= 15 is 0 Å². The van der Waals surface area contributed by atoms with Gasteiger partial charge in [0.2, 0.25) is 0 Å². The summed E-state index contributed by atoms with van der Waals surface area (Å²) in [7, 11) is 0. The lowest BCUT2D eigenvalue weighted by Crippen LogP contribution is -2.11. The first-order chi connectivity index (χ1) is 24.4. The van der Waals surface area contributed by atoms with Crippen LogP contribution >= 0.6 is 0 Å². The SMILES string of the molecule is c1ccc(-c2c3c(c(-c4ccccc4)c4ccccc24)-c2ccc(N(c4ccncc4)c4cccc5ccccc45)c4cccc-3c24)cc1. The lowest BCUT2D eigenvalue weighted by molar-refractivity contribution is 1.26. The van der Waals surface area contributed by atoms with Crippen LogP contribution in [-0.2, 0) is 0 Å². The Morgan fingerprint density at radius 3 is 1.53 bits per heavy atom. The number of hydrogen-bond donors (Lipinski definition) is 0. The molecule has 0 saturated carbocycles. The van der Waals surface area contributed by atoms with E-state index in [0.717, 1.165) is 17.1 Å². The first-order valence-electron chi connectivity index (χ1n) is 16.8. The number of aromatic nitrogens is 1. The average Bonchev–Trinajstić information content (AvgIpc) is 3.50. The Hall–Kier alpha value is -6.51. The Morgan fingerprint density at radius 1 is 0.347 bits per heavy atom. The zero-order chi connectivity index (χ0) is 32.3. The van der Waals surface area contributed by atoms with E-state index in [1.165, 1.54) is 76.8 Å². The molecule has 49 heavy (non-hydrogen) atoms. The molecular weight excluding hydrogens is 593 g/mol. The van der Waals surface area contributed by atoms with Crippen LogP contribution in [0.2, 0.25) is 0 Å². The third-order valence-corrected chi connectivity index (χ3v) is 10.1. The van der Waals surface area contributed by atoms with E-state index in [-0.39, 0.29) is 0 Å². The Balaban J connectivity index is 1.34. The smallest absolute Gasteiger partial charge is 0.0540 e. The highest BCUT2D eigenvalue weighted by Gasteiger charge is 2.32. The topological polar surface area (TPSA) is 16.1 Å². The number of rotatable bonds is 5. The first kappa shape index (κ1) is 27.6. The van der Waals surface area contributed by atoms with Gasteiger partial charge in [-0.1, -0.05) is 146 Å². The summed E-state index contributed by atoms with van der Waals surface area (Å²) in [6.07, 6.45) is 3.76. The molecule has 0 saturated heterocycles. The van der Waals surface area contributed by atoms with Crippen molar-refractivity contribution < 1.29 is 0 Å². The third kappa shape index (κ3) is 4.17. The molecule has 0 fully saturated rings. The van der Waals surface area contributed by atoms with Crippen molar-refractivity contribution in [3.63, 3.8) is 0 Å². The van der Waals surface area contributed by atoms with Gasteiger partial charge in [0.1, 0.15) is 0 Å². The van der Waals surface area contributed by atoms with Crippen LogP contribution < -0.4 is 4.90 Å². The quantitative estimate of drug-likeness (QED) is 0.190. The number of nitrogens with zero attached hydrogens (tertiary/aromatic N) is 2. The molecule has 1 aliphatic rings. The molecule has 0 spiro atoms. The van der Waals surface area contributed by atoms with Crippen molar-refractivity contribution in [1.29, 1.82) is 0 Å². The number of pyridine rings is 1. The summed E-state index contributed by atoms with van der Waals surface area (Å²) >= 11 is 0. The Labute approximate surface area is 285 Å². The van der Waals surface area contributed by atoms with Crippen LogP contribution in [0.1, 0.15) is 0 Å². The maximum atomic E-state index is 4.38. The third-order valence-electron chi connectivity index (χ3n) is 10.1. The molecule has 1 aromatic heterocycles. The predicted molar refractivity (Wildman–Crippen MR) is 207 cm³/mol. The fourth-order valence-electron chi connectivity index (χ4n) is 8.09. The second-order valence-corrected chi connectivity index (χ2v) is 12.7. The van der Waals surface area contributed by atoms with Gasteiger partial charge in [0.25, 0.3) is 0 Å². The maximum Gasteiger partial charge on any atom is 0.0540 e. The molecular formula is C47H30N2. The molecule has 8 aromatic carbocycles. The van der Waals surface area contributed by atoms with Gasteiger partial charge in [0.05, 0.1) is 11.4 Å². The van der Waals surface area contributed by atoms with E-state index in [1.54, 1.807) is 0 Å². The van der Waals surface area contributed by atoms with Crippen molar-refractivity contribution >= 4 is 49.4 Å². The number of anilines is 3. The average molecular weight is 623 g/mol. The van der Waals surface area contributed by atoms with Gasteiger partial charge in [-0.15, -0.1) is 0 Å². The van der Waals surface area contributed by atoms with Crippen LogP contribution in [0.15, 0.2) is 182 Å². The first-order valence-corrected chi connectivity index (χ1v) is 16.8. The standard InChI is InChI=1S/C47H30N2/c1-3-14-32(15-4-1)43-36-20-9-10-21-37(36)44(33-16-5-2-6-17-33)47-40-25-26-42(38-22-12-23-39(45(38)40)46(43)47)49(34-27-29-48-30-28-34)41-24-11-18-31-13-7-8-19-35(31)41/h1-30H. The molecule has 0 aliphatic heterocycles. The van der Waals surface area contributed by atoms with E-state index in [9.17, 15) is 0 Å². The molecule has 10 rings (SSSR count). The van der Waals surface area contributed by atoms with Crippen LogP contribution in [0.3, 0.4) is 0 Å². The van der Waals surface area contributed by atoms with Crippen molar-refractivity contribution in [2.75, 3.05) is 4.90 Å². The van der Waals surface area contributed by atoms with E-state index in [4.69, 9.17) is 0 Å². The van der Waals surface area contributed by atoms with Gasteiger partial charge in [-0.3, -0.25) is 4.98 Å². The molecule has 0 atom stereocenters. The minimum absolute atomic E-state index is 1.07. The molecule has 0 unspecified atom stereocenters.